The zero-order valence-corrected chi connectivity index (χ0v) is 11.7. The van der Waals surface area contributed by atoms with E-state index in [9.17, 15) is 4.79 Å². The fourth-order valence-electron chi connectivity index (χ4n) is 3.45. The number of likely N-dealkylation sites (tertiary alicyclic amines) is 1. The number of methoxy groups -OCH3 is 1. The molecule has 0 aliphatic carbocycles. The van der Waals surface area contributed by atoms with Crippen LogP contribution < -0.4 is 5.32 Å². The van der Waals surface area contributed by atoms with Gasteiger partial charge in [0.05, 0.1) is 7.11 Å². The lowest BCUT2D eigenvalue weighted by Gasteiger charge is -2.37. The topological polar surface area (TPSA) is 41.6 Å². The van der Waals surface area contributed by atoms with Crippen LogP contribution in [0.3, 0.4) is 0 Å². The Morgan fingerprint density at radius 3 is 2.89 bits per heavy atom. The van der Waals surface area contributed by atoms with Gasteiger partial charge in [-0.05, 0) is 57.7 Å². The van der Waals surface area contributed by atoms with Crippen molar-refractivity contribution in [3.63, 3.8) is 0 Å². The lowest BCUT2D eigenvalue weighted by atomic mass is 9.80. The Morgan fingerprint density at radius 1 is 1.50 bits per heavy atom. The predicted octanol–water partition coefficient (Wildman–Crippen LogP) is 1.40. The molecule has 2 unspecified atom stereocenters. The Labute approximate surface area is 110 Å². The van der Waals surface area contributed by atoms with E-state index in [1.165, 1.54) is 26.5 Å². The Bertz CT molecular complexity index is 288. The van der Waals surface area contributed by atoms with Gasteiger partial charge in [-0.25, -0.2) is 0 Å². The summed E-state index contributed by atoms with van der Waals surface area (Å²) in [4.78, 5) is 14.6. The molecule has 0 aromatic heterocycles. The number of hydrogen-bond donors (Lipinski definition) is 1. The quantitative estimate of drug-likeness (QED) is 0.770. The fourth-order valence-corrected chi connectivity index (χ4v) is 3.45. The number of nitrogens with one attached hydrogen (secondary N) is 1. The van der Waals surface area contributed by atoms with Crippen LogP contribution in [0.15, 0.2) is 0 Å². The number of esters is 1. The first-order valence-corrected chi connectivity index (χ1v) is 7.26. The summed E-state index contributed by atoms with van der Waals surface area (Å²) in [6.07, 6.45) is 5.39. The van der Waals surface area contributed by atoms with Crippen LogP contribution in [0.5, 0.6) is 0 Å². The van der Waals surface area contributed by atoms with Crippen LogP contribution >= 0.6 is 0 Å². The van der Waals surface area contributed by atoms with Crippen molar-refractivity contribution in [3.05, 3.63) is 0 Å². The van der Waals surface area contributed by atoms with Crippen molar-refractivity contribution in [1.82, 2.24) is 10.2 Å². The second-order valence-electron chi connectivity index (χ2n) is 5.71. The van der Waals surface area contributed by atoms with Gasteiger partial charge in [-0.2, -0.15) is 0 Å². The highest BCUT2D eigenvalue weighted by atomic mass is 16.5. The van der Waals surface area contributed by atoms with Crippen molar-refractivity contribution in [1.29, 1.82) is 0 Å². The average Bonchev–Trinajstić information content (AvgIpc) is 2.86. The molecule has 2 saturated heterocycles. The SMILES string of the molecule is CCN1CCC(CC2(C(=O)OC)CCCCN2)C1. The normalized spacial score (nSPS) is 33.6. The highest BCUT2D eigenvalue weighted by Gasteiger charge is 2.43. The minimum Gasteiger partial charge on any atom is -0.468 e. The Balaban J connectivity index is 1.99. The molecular weight excluding hydrogens is 228 g/mol. The van der Waals surface area contributed by atoms with Gasteiger partial charge in [-0.15, -0.1) is 0 Å². The Morgan fingerprint density at radius 2 is 2.33 bits per heavy atom. The molecule has 1 N–H and O–H groups in total. The summed E-state index contributed by atoms with van der Waals surface area (Å²) in [5.74, 6) is 0.576. The summed E-state index contributed by atoms with van der Waals surface area (Å²) in [5.41, 5.74) is -0.401. The van der Waals surface area contributed by atoms with Gasteiger partial charge in [0.25, 0.3) is 0 Å². The molecular formula is C14H26N2O2. The first kappa shape index (κ1) is 13.8. The van der Waals surface area contributed by atoms with Crippen molar-refractivity contribution in [2.45, 2.75) is 44.6 Å². The zero-order valence-electron chi connectivity index (χ0n) is 11.7. The molecule has 2 aliphatic rings. The summed E-state index contributed by atoms with van der Waals surface area (Å²) in [5, 5.41) is 3.45. The number of hydrogen-bond acceptors (Lipinski definition) is 4. The van der Waals surface area contributed by atoms with Gasteiger partial charge >= 0.3 is 5.97 Å². The molecule has 2 atom stereocenters. The number of ether oxygens (including phenoxy) is 1. The largest absolute Gasteiger partial charge is 0.468 e. The standard InChI is InChI=1S/C14H26N2O2/c1-3-16-9-6-12(11-16)10-14(13(17)18-2)7-4-5-8-15-14/h12,15H,3-11H2,1-2H3. The van der Waals surface area contributed by atoms with E-state index < -0.39 is 5.54 Å². The minimum absolute atomic E-state index is 0.0582. The average molecular weight is 254 g/mol. The van der Waals surface area contributed by atoms with E-state index in [2.05, 4.69) is 17.1 Å². The molecule has 0 saturated carbocycles. The smallest absolute Gasteiger partial charge is 0.326 e. The fraction of sp³-hybridized carbons (Fsp3) is 0.929. The molecule has 4 nitrogen and oxygen atoms in total. The molecule has 0 spiro atoms. The number of piperidine rings is 1. The molecule has 0 aromatic rings. The molecule has 2 heterocycles. The van der Waals surface area contributed by atoms with Gasteiger partial charge in [0, 0.05) is 6.54 Å². The summed E-state index contributed by atoms with van der Waals surface area (Å²) < 4.78 is 5.04. The van der Waals surface area contributed by atoms with Crippen molar-refractivity contribution in [2.75, 3.05) is 33.3 Å². The molecule has 0 amide bonds. The maximum Gasteiger partial charge on any atom is 0.326 e. The van der Waals surface area contributed by atoms with E-state index in [1.54, 1.807) is 0 Å². The van der Waals surface area contributed by atoms with Gasteiger partial charge in [-0.3, -0.25) is 4.79 Å². The summed E-state index contributed by atoms with van der Waals surface area (Å²) in [7, 11) is 1.51. The van der Waals surface area contributed by atoms with E-state index in [-0.39, 0.29) is 5.97 Å². The summed E-state index contributed by atoms with van der Waals surface area (Å²) in [6, 6.07) is 0. The predicted molar refractivity (Wildman–Crippen MR) is 71.4 cm³/mol. The van der Waals surface area contributed by atoms with Crippen LogP contribution in [0.1, 0.15) is 39.0 Å². The molecule has 4 heteroatoms. The first-order chi connectivity index (χ1) is 8.70. The van der Waals surface area contributed by atoms with Crippen LogP contribution in [-0.2, 0) is 9.53 Å². The van der Waals surface area contributed by atoms with E-state index >= 15 is 0 Å². The lowest BCUT2D eigenvalue weighted by Crippen LogP contribution is -2.56. The molecule has 0 aromatic carbocycles. The number of rotatable bonds is 4. The van der Waals surface area contributed by atoms with Gasteiger partial charge < -0.3 is 15.0 Å². The van der Waals surface area contributed by atoms with Crippen LogP contribution in [-0.4, -0.2) is 49.7 Å². The molecule has 0 radical (unpaired) electrons. The summed E-state index contributed by atoms with van der Waals surface area (Å²) >= 11 is 0. The molecule has 2 aliphatic heterocycles. The highest BCUT2D eigenvalue weighted by molar-refractivity contribution is 5.81. The van der Waals surface area contributed by atoms with Crippen molar-refractivity contribution >= 4 is 5.97 Å². The van der Waals surface area contributed by atoms with Gasteiger partial charge in [0.1, 0.15) is 5.54 Å². The van der Waals surface area contributed by atoms with Crippen LogP contribution in [0.25, 0.3) is 0 Å². The second kappa shape index (κ2) is 6.02. The van der Waals surface area contributed by atoms with Gasteiger partial charge in [-0.1, -0.05) is 6.92 Å². The van der Waals surface area contributed by atoms with Crippen molar-refractivity contribution < 1.29 is 9.53 Å². The molecule has 18 heavy (non-hydrogen) atoms. The minimum atomic E-state index is -0.401. The van der Waals surface area contributed by atoms with Crippen molar-refractivity contribution in [2.24, 2.45) is 5.92 Å². The van der Waals surface area contributed by atoms with E-state index in [0.29, 0.717) is 5.92 Å². The molecule has 2 rings (SSSR count). The monoisotopic (exact) mass is 254 g/mol. The van der Waals surface area contributed by atoms with E-state index in [0.717, 1.165) is 38.9 Å². The van der Waals surface area contributed by atoms with Crippen LogP contribution in [0, 0.1) is 5.92 Å². The van der Waals surface area contributed by atoms with Gasteiger partial charge in [0.15, 0.2) is 0 Å². The molecule has 0 bridgehead atoms. The van der Waals surface area contributed by atoms with Crippen LogP contribution in [0.4, 0.5) is 0 Å². The third-order valence-corrected chi connectivity index (χ3v) is 4.52. The Hall–Kier alpha value is -0.610. The number of carbonyl (C=O) groups excluding carboxylic acids is 1. The van der Waals surface area contributed by atoms with Crippen LogP contribution in [0.2, 0.25) is 0 Å². The molecule has 104 valence electrons. The third-order valence-electron chi connectivity index (χ3n) is 4.52. The molecule has 2 fully saturated rings. The van der Waals surface area contributed by atoms with Crippen molar-refractivity contribution in [3.8, 4) is 0 Å². The van der Waals surface area contributed by atoms with E-state index in [1.807, 2.05) is 0 Å². The summed E-state index contributed by atoms with van der Waals surface area (Å²) in [6.45, 7) is 6.58. The van der Waals surface area contributed by atoms with E-state index in [4.69, 9.17) is 4.74 Å². The first-order valence-electron chi connectivity index (χ1n) is 7.26. The zero-order chi connectivity index (χ0) is 13.0. The third kappa shape index (κ3) is 2.86. The maximum atomic E-state index is 12.1. The lowest BCUT2D eigenvalue weighted by molar-refractivity contribution is -0.150. The highest BCUT2D eigenvalue weighted by Crippen LogP contribution is 2.32. The van der Waals surface area contributed by atoms with Gasteiger partial charge in [0.2, 0.25) is 0 Å². The number of carbonyl (C=O) groups is 1. The number of nitrogens with zero attached hydrogens (tertiary/aromatic N) is 1. The maximum absolute atomic E-state index is 12.1. The second-order valence-corrected chi connectivity index (χ2v) is 5.71. The Kier molecular flexibility index (Phi) is 4.62.